The molecule has 0 aliphatic carbocycles. The number of rotatable bonds is 3. The van der Waals surface area contributed by atoms with Gasteiger partial charge in [0.2, 0.25) is 0 Å². The van der Waals surface area contributed by atoms with E-state index in [0.717, 1.165) is 22.9 Å². The van der Waals surface area contributed by atoms with Gasteiger partial charge in [-0.2, -0.15) is 0 Å². The zero-order chi connectivity index (χ0) is 19.0. The van der Waals surface area contributed by atoms with Gasteiger partial charge in [-0.3, -0.25) is 4.79 Å². The minimum absolute atomic E-state index is 0. The maximum absolute atomic E-state index is 13.3. The van der Waals surface area contributed by atoms with Gasteiger partial charge in [-0.25, -0.2) is 14.4 Å². The molecule has 1 fully saturated rings. The van der Waals surface area contributed by atoms with E-state index in [1.165, 1.54) is 23.5 Å². The number of amides is 1. The topological polar surface area (TPSA) is 63.1 Å². The predicted octanol–water partition coefficient (Wildman–Crippen LogP) is 3.62. The molecule has 4 rings (SSSR count). The minimum Gasteiger partial charge on any atom is -0.336 e. The van der Waals surface area contributed by atoms with Gasteiger partial charge in [-0.1, -0.05) is 0 Å². The molecule has 3 aromatic rings. The van der Waals surface area contributed by atoms with Crippen LogP contribution in [-0.4, -0.2) is 45.0 Å². The number of piperazine rings is 1. The summed E-state index contributed by atoms with van der Waals surface area (Å²) in [7, 11) is 1.93. The van der Waals surface area contributed by atoms with Crippen LogP contribution >= 0.6 is 36.2 Å². The molecule has 0 saturated carbocycles. The average Bonchev–Trinajstić information content (AvgIpc) is 3.27. The van der Waals surface area contributed by atoms with Crippen molar-refractivity contribution in [3.05, 3.63) is 58.9 Å². The molecule has 0 radical (unpaired) electrons. The van der Waals surface area contributed by atoms with Crippen LogP contribution in [0.25, 0.3) is 10.6 Å². The fourth-order valence-corrected chi connectivity index (χ4v) is 4.35. The molecule has 1 atom stereocenters. The number of halogens is 3. The smallest absolute Gasteiger partial charge is 0.266 e. The van der Waals surface area contributed by atoms with E-state index in [4.69, 9.17) is 0 Å². The predicted molar refractivity (Wildman–Crippen MR) is 117 cm³/mol. The van der Waals surface area contributed by atoms with Crippen LogP contribution in [0.2, 0.25) is 0 Å². The Morgan fingerprint density at radius 3 is 2.66 bits per heavy atom. The first-order valence-electron chi connectivity index (χ1n) is 8.77. The first-order valence-corrected chi connectivity index (χ1v) is 9.58. The van der Waals surface area contributed by atoms with E-state index in [9.17, 15) is 9.18 Å². The van der Waals surface area contributed by atoms with Crippen molar-refractivity contribution in [2.45, 2.75) is 13.0 Å². The third-order valence-corrected chi connectivity index (χ3v) is 5.94. The van der Waals surface area contributed by atoms with Crippen molar-refractivity contribution in [1.82, 2.24) is 24.8 Å². The summed E-state index contributed by atoms with van der Waals surface area (Å²) in [6.45, 7) is 3.86. The number of benzene rings is 1. The van der Waals surface area contributed by atoms with Gasteiger partial charge in [-0.05, 0) is 31.2 Å². The van der Waals surface area contributed by atoms with Crippen molar-refractivity contribution in [2.24, 2.45) is 7.05 Å². The quantitative estimate of drug-likeness (QED) is 0.652. The molecular formula is C19H22Cl2FN5OS. The summed E-state index contributed by atoms with van der Waals surface area (Å²) in [6, 6.07) is 6.05. The lowest BCUT2D eigenvalue weighted by atomic mass is 10.1. The van der Waals surface area contributed by atoms with E-state index >= 15 is 0 Å². The molecule has 1 aromatic carbocycles. The summed E-state index contributed by atoms with van der Waals surface area (Å²) in [5, 5.41) is 4.06. The summed E-state index contributed by atoms with van der Waals surface area (Å²) in [6.07, 6.45) is 3.63. The number of carbonyl (C=O) groups excluding carboxylic acids is 1. The fraction of sp³-hybridized carbons (Fsp3) is 0.316. The average molecular weight is 458 g/mol. The molecule has 2 aromatic heterocycles. The number of nitrogens with one attached hydrogen (secondary N) is 1. The monoisotopic (exact) mass is 457 g/mol. The molecule has 29 heavy (non-hydrogen) atoms. The van der Waals surface area contributed by atoms with Gasteiger partial charge >= 0.3 is 0 Å². The second-order valence-electron chi connectivity index (χ2n) is 6.56. The number of imidazole rings is 1. The third kappa shape index (κ3) is 4.61. The lowest BCUT2D eigenvalue weighted by Crippen LogP contribution is -2.49. The summed E-state index contributed by atoms with van der Waals surface area (Å²) in [5.74, 6) is 0.534. The lowest BCUT2D eigenvalue weighted by molar-refractivity contribution is 0.0625. The van der Waals surface area contributed by atoms with Gasteiger partial charge in [0.1, 0.15) is 27.6 Å². The van der Waals surface area contributed by atoms with Crippen molar-refractivity contribution in [3.63, 3.8) is 0 Å². The van der Waals surface area contributed by atoms with Gasteiger partial charge in [-0.15, -0.1) is 36.2 Å². The number of hydrogen-bond donors (Lipinski definition) is 1. The molecule has 1 N–H and O–H groups in total. The largest absolute Gasteiger partial charge is 0.336 e. The summed E-state index contributed by atoms with van der Waals surface area (Å²) in [4.78, 5) is 24.8. The van der Waals surface area contributed by atoms with Crippen LogP contribution in [0.1, 0.15) is 27.2 Å². The number of hydrogen-bond acceptors (Lipinski definition) is 5. The fourth-order valence-electron chi connectivity index (χ4n) is 3.32. The third-order valence-electron chi connectivity index (χ3n) is 4.74. The van der Waals surface area contributed by atoms with Crippen molar-refractivity contribution >= 4 is 42.1 Å². The van der Waals surface area contributed by atoms with Gasteiger partial charge < -0.3 is 14.8 Å². The minimum atomic E-state index is -0.290. The SMILES string of the molecule is Cc1nc(-c2ccc(F)cc2)sc1C(=O)N1CCNCC1c1nccn1C.Cl.Cl. The normalized spacial score (nSPS) is 16.1. The van der Waals surface area contributed by atoms with E-state index in [1.807, 2.05) is 29.6 Å². The van der Waals surface area contributed by atoms with E-state index in [1.54, 1.807) is 18.3 Å². The highest BCUT2D eigenvalue weighted by molar-refractivity contribution is 7.17. The highest BCUT2D eigenvalue weighted by Gasteiger charge is 2.33. The lowest BCUT2D eigenvalue weighted by Gasteiger charge is -2.35. The highest BCUT2D eigenvalue weighted by atomic mass is 35.5. The molecule has 1 aliphatic rings. The van der Waals surface area contributed by atoms with Gasteiger partial charge in [0.15, 0.2) is 0 Å². The Morgan fingerprint density at radius 2 is 2.00 bits per heavy atom. The van der Waals surface area contributed by atoms with Crippen LogP contribution in [0.5, 0.6) is 0 Å². The molecule has 3 heterocycles. The van der Waals surface area contributed by atoms with Crippen LogP contribution in [0.15, 0.2) is 36.7 Å². The number of thiazole rings is 1. The van der Waals surface area contributed by atoms with Crippen molar-refractivity contribution < 1.29 is 9.18 Å². The van der Waals surface area contributed by atoms with E-state index in [2.05, 4.69) is 15.3 Å². The molecule has 1 aliphatic heterocycles. The Kier molecular flexibility index (Phi) is 7.76. The molecule has 1 saturated heterocycles. The Labute approximate surface area is 185 Å². The number of nitrogens with zero attached hydrogens (tertiary/aromatic N) is 4. The zero-order valence-electron chi connectivity index (χ0n) is 16.0. The first kappa shape index (κ1) is 23.3. The van der Waals surface area contributed by atoms with Crippen molar-refractivity contribution in [1.29, 1.82) is 0 Å². The maximum atomic E-state index is 13.3. The summed E-state index contributed by atoms with van der Waals surface area (Å²) >= 11 is 1.35. The van der Waals surface area contributed by atoms with Crippen LogP contribution in [0, 0.1) is 12.7 Å². The number of aryl methyl sites for hydroxylation is 2. The number of carbonyl (C=O) groups is 1. The molecule has 10 heteroatoms. The summed E-state index contributed by atoms with van der Waals surface area (Å²) < 4.78 is 15.1. The molecule has 156 valence electrons. The molecule has 1 amide bonds. The van der Waals surface area contributed by atoms with Crippen molar-refractivity contribution in [2.75, 3.05) is 19.6 Å². The Balaban J connectivity index is 0.00000150. The van der Waals surface area contributed by atoms with Gasteiger partial charge in [0.05, 0.1) is 5.69 Å². The first-order chi connectivity index (χ1) is 13.0. The maximum Gasteiger partial charge on any atom is 0.266 e. The van der Waals surface area contributed by atoms with Crippen LogP contribution in [0.3, 0.4) is 0 Å². The zero-order valence-corrected chi connectivity index (χ0v) is 18.4. The second kappa shape index (κ2) is 9.67. The number of aromatic nitrogens is 3. The van der Waals surface area contributed by atoms with E-state index in [-0.39, 0.29) is 42.6 Å². The van der Waals surface area contributed by atoms with Crippen LogP contribution in [0.4, 0.5) is 4.39 Å². The van der Waals surface area contributed by atoms with Gasteiger partial charge in [0, 0.05) is 44.6 Å². The standard InChI is InChI=1S/C19H20FN5OS.2ClH/c1-12-16(27-18(23-12)13-3-5-14(20)6-4-13)19(26)25-10-7-21-11-15(25)17-22-8-9-24(17)2;;/h3-6,8-9,15,21H,7,10-11H2,1-2H3;2*1H. The van der Waals surface area contributed by atoms with Crippen LogP contribution in [-0.2, 0) is 7.05 Å². The van der Waals surface area contributed by atoms with Gasteiger partial charge in [0.25, 0.3) is 5.91 Å². The Morgan fingerprint density at radius 1 is 1.28 bits per heavy atom. The second-order valence-corrected chi connectivity index (χ2v) is 7.55. The molecular weight excluding hydrogens is 436 g/mol. The van der Waals surface area contributed by atoms with Crippen LogP contribution < -0.4 is 5.32 Å². The molecule has 0 bridgehead atoms. The molecule has 0 spiro atoms. The highest BCUT2D eigenvalue weighted by Crippen LogP contribution is 2.31. The Bertz CT molecular complexity index is 975. The molecule has 6 nitrogen and oxygen atoms in total. The Hall–Kier alpha value is -2.00. The van der Waals surface area contributed by atoms with Crippen molar-refractivity contribution in [3.8, 4) is 10.6 Å². The van der Waals surface area contributed by atoms with E-state index in [0.29, 0.717) is 23.7 Å². The molecule has 1 unspecified atom stereocenters. The van der Waals surface area contributed by atoms with E-state index < -0.39 is 0 Å². The summed E-state index contributed by atoms with van der Waals surface area (Å²) in [5.41, 5.74) is 1.51.